The molecule has 0 aliphatic carbocycles. The van der Waals surface area contributed by atoms with E-state index in [4.69, 9.17) is 0 Å². The number of likely N-dealkylation sites (N-methyl/N-ethyl adjacent to an activating group) is 2. The van der Waals surface area contributed by atoms with E-state index in [9.17, 15) is 14.4 Å². The van der Waals surface area contributed by atoms with Crippen molar-refractivity contribution in [2.24, 2.45) is 0 Å². The third-order valence-electron chi connectivity index (χ3n) is 4.35. The zero-order valence-electron chi connectivity index (χ0n) is 12.8. The van der Waals surface area contributed by atoms with Crippen molar-refractivity contribution in [3.05, 3.63) is 0 Å². The van der Waals surface area contributed by atoms with Crippen LogP contribution in [0.15, 0.2) is 0 Å². The molecular formula is C14H24N4O3. The van der Waals surface area contributed by atoms with Crippen LogP contribution in [-0.2, 0) is 14.4 Å². The quantitative estimate of drug-likeness (QED) is 0.668. The van der Waals surface area contributed by atoms with Crippen molar-refractivity contribution in [3.8, 4) is 0 Å². The maximum absolute atomic E-state index is 12.3. The lowest BCUT2D eigenvalue weighted by molar-refractivity contribution is -0.157. The summed E-state index contributed by atoms with van der Waals surface area (Å²) in [6, 6.07) is 0.224. The minimum Gasteiger partial charge on any atom is -0.341 e. The number of nitrogens with zero attached hydrogens (tertiary/aromatic N) is 3. The fourth-order valence-corrected chi connectivity index (χ4v) is 2.84. The van der Waals surface area contributed by atoms with Crippen LogP contribution in [0.2, 0.25) is 0 Å². The third-order valence-corrected chi connectivity index (χ3v) is 4.35. The van der Waals surface area contributed by atoms with Crippen molar-refractivity contribution in [1.29, 1.82) is 0 Å². The standard InChI is InChI=1S/C14H24N4O3/c1-3-17-8-9-18(14(21)13(17)20)10-12(19)16(2)11-4-6-15-7-5-11/h11,15H,3-10H2,1-2H3. The highest BCUT2D eigenvalue weighted by Crippen LogP contribution is 2.11. The average molecular weight is 296 g/mol. The van der Waals surface area contributed by atoms with Crippen molar-refractivity contribution >= 4 is 17.7 Å². The second-order valence-electron chi connectivity index (χ2n) is 5.60. The molecule has 118 valence electrons. The van der Waals surface area contributed by atoms with Gasteiger partial charge in [0.15, 0.2) is 0 Å². The van der Waals surface area contributed by atoms with E-state index >= 15 is 0 Å². The van der Waals surface area contributed by atoms with Gasteiger partial charge in [0.05, 0.1) is 0 Å². The van der Waals surface area contributed by atoms with Crippen molar-refractivity contribution < 1.29 is 14.4 Å². The largest absolute Gasteiger partial charge is 0.341 e. The van der Waals surface area contributed by atoms with Gasteiger partial charge in [-0.25, -0.2) is 0 Å². The minimum atomic E-state index is -0.560. The van der Waals surface area contributed by atoms with Gasteiger partial charge in [-0.15, -0.1) is 0 Å². The van der Waals surface area contributed by atoms with Crippen LogP contribution in [0, 0.1) is 0 Å². The second kappa shape index (κ2) is 6.89. The number of nitrogens with one attached hydrogen (secondary N) is 1. The normalized spacial score (nSPS) is 20.9. The smallest absolute Gasteiger partial charge is 0.312 e. The van der Waals surface area contributed by atoms with Crippen LogP contribution in [0.25, 0.3) is 0 Å². The van der Waals surface area contributed by atoms with E-state index in [1.54, 1.807) is 11.9 Å². The molecular weight excluding hydrogens is 272 g/mol. The molecule has 0 aromatic heterocycles. The molecule has 2 heterocycles. The number of carbonyl (C=O) groups is 3. The van der Waals surface area contributed by atoms with Gasteiger partial charge in [-0.05, 0) is 32.9 Å². The van der Waals surface area contributed by atoms with E-state index in [1.165, 1.54) is 9.80 Å². The number of amides is 3. The molecule has 0 aromatic carbocycles. The summed E-state index contributed by atoms with van der Waals surface area (Å²) in [4.78, 5) is 40.7. The molecule has 1 N–H and O–H groups in total. The average Bonchev–Trinajstić information content (AvgIpc) is 2.52. The molecule has 0 saturated carbocycles. The molecule has 0 spiro atoms. The fraction of sp³-hybridized carbons (Fsp3) is 0.786. The Bertz CT molecular complexity index is 420. The SMILES string of the molecule is CCN1CCN(CC(=O)N(C)C2CCNCC2)C(=O)C1=O. The summed E-state index contributed by atoms with van der Waals surface area (Å²) in [5.74, 6) is -1.15. The topological polar surface area (TPSA) is 73.0 Å². The first kappa shape index (κ1) is 15.8. The zero-order chi connectivity index (χ0) is 15.4. The molecule has 2 aliphatic heterocycles. The van der Waals surface area contributed by atoms with E-state index in [0.717, 1.165) is 25.9 Å². The van der Waals surface area contributed by atoms with Gasteiger partial charge in [0, 0.05) is 32.7 Å². The van der Waals surface area contributed by atoms with Crippen LogP contribution in [0.5, 0.6) is 0 Å². The molecule has 3 amide bonds. The highest BCUT2D eigenvalue weighted by atomic mass is 16.2. The first-order valence-electron chi connectivity index (χ1n) is 7.59. The van der Waals surface area contributed by atoms with Crippen LogP contribution >= 0.6 is 0 Å². The fourth-order valence-electron chi connectivity index (χ4n) is 2.84. The molecule has 0 atom stereocenters. The molecule has 2 aliphatic rings. The Morgan fingerprint density at radius 1 is 1.19 bits per heavy atom. The summed E-state index contributed by atoms with van der Waals surface area (Å²) >= 11 is 0. The molecule has 2 fully saturated rings. The minimum absolute atomic E-state index is 0.00254. The summed E-state index contributed by atoms with van der Waals surface area (Å²) in [6.07, 6.45) is 1.86. The van der Waals surface area contributed by atoms with Crippen molar-refractivity contribution in [1.82, 2.24) is 20.0 Å². The van der Waals surface area contributed by atoms with Gasteiger partial charge in [0.1, 0.15) is 6.54 Å². The summed E-state index contributed by atoms with van der Waals surface area (Å²) in [5, 5.41) is 3.26. The number of piperidine rings is 1. The van der Waals surface area contributed by atoms with Crippen molar-refractivity contribution in [3.63, 3.8) is 0 Å². The summed E-state index contributed by atoms with van der Waals surface area (Å²) < 4.78 is 0. The number of piperazine rings is 1. The molecule has 7 nitrogen and oxygen atoms in total. The van der Waals surface area contributed by atoms with Gasteiger partial charge in [0.25, 0.3) is 0 Å². The van der Waals surface area contributed by atoms with E-state index in [-0.39, 0.29) is 18.5 Å². The van der Waals surface area contributed by atoms with Crippen molar-refractivity contribution in [2.75, 3.05) is 46.3 Å². The van der Waals surface area contributed by atoms with Crippen LogP contribution in [-0.4, -0.2) is 84.8 Å². The Kier molecular flexibility index (Phi) is 5.17. The molecule has 0 radical (unpaired) electrons. The number of hydrogen-bond donors (Lipinski definition) is 1. The Hall–Kier alpha value is -1.63. The number of carbonyl (C=O) groups excluding carboxylic acids is 3. The lowest BCUT2D eigenvalue weighted by atomic mass is 10.1. The first-order valence-corrected chi connectivity index (χ1v) is 7.59. The van der Waals surface area contributed by atoms with Crippen molar-refractivity contribution in [2.45, 2.75) is 25.8 Å². The summed E-state index contributed by atoms with van der Waals surface area (Å²) in [6.45, 7) is 5.14. The third kappa shape index (κ3) is 3.53. The lowest BCUT2D eigenvalue weighted by Crippen LogP contribution is -2.57. The second-order valence-corrected chi connectivity index (χ2v) is 5.60. The Morgan fingerprint density at radius 2 is 1.76 bits per heavy atom. The highest BCUT2D eigenvalue weighted by Gasteiger charge is 2.33. The first-order chi connectivity index (χ1) is 10.0. The van der Waals surface area contributed by atoms with Gasteiger partial charge in [-0.3, -0.25) is 14.4 Å². The van der Waals surface area contributed by atoms with E-state index in [0.29, 0.717) is 19.6 Å². The highest BCUT2D eigenvalue weighted by molar-refractivity contribution is 6.35. The Balaban J connectivity index is 1.90. The number of hydrogen-bond acceptors (Lipinski definition) is 4. The molecule has 0 aromatic rings. The molecule has 2 saturated heterocycles. The maximum Gasteiger partial charge on any atom is 0.312 e. The van der Waals surface area contributed by atoms with Crippen LogP contribution in [0.1, 0.15) is 19.8 Å². The van der Waals surface area contributed by atoms with Gasteiger partial charge in [-0.1, -0.05) is 0 Å². The van der Waals surface area contributed by atoms with E-state index in [2.05, 4.69) is 5.32 Å². The van der Waals surface area contributed by atoms with E-state index < -0.39 is 11.8 Å². The molecule has 21 heavy (non-hydrogen) atoms. The van der Waals surface area contributed by atoms with Crippen LogP contribution in [0.4, 0.5) is 0 Å². The monoisotopic (exact) mass is 296 g/mol. The molecule has 0 bridgehead atoms. The predicted molar refractivity (Wildman–Crippen MR) is 77.5 cm³/mol. The zero-order valence-corrected chi connectivity index (χ0v) is 12.8. The Labute approximate surface area is 125 Å². The van der Waals surface area contributed by atoms with Gasteiger partial charge in [-0.2, -0.15) is 0 Å². The number of rotatable bonds is 4. The summed E-state index contributed by atoms with van der Waals surface area (Å²) in [5.41, 5.74) is 0. The van der Waals surface area contributed by atoms with Gasteiger partial charge in [0.2, 0.25) is 5.91 Å². The Morgan fingerprint density at radius 3 is 2.38 bits per heavy atom. The van der Waals surface area contributed by atoms with Crippen LogP contribution in [0.3, 0.4) is 0 Å². The maximum atomic E-state index is 12.3. The lowest BCUT2D eigenvalue weighted by Gasteiger charge is -2.36. The van der Waals surface area contributed by atoms with E-state index in [1.807, 2.05) is 6.92 Å². The molecule has 0 unspecified atom stereocenters. The predicted octanol–water partition coefficient (Wildman–Crippen LogP) is -1.11. The van der Waals surface area contributed by atoms with Crippen LogP contribution < -0.4 is 5.32 Å². The molecule has 7 heteroatoms. The summed E-state index contributed by atoms with van der Waals surface area (Å²) in [7, 11) is 1.78. The molecule has 2 rings (SSSR count). The van der Waals surface area contributed by atoms with Gasteiger partial charge < -0.3 is 20.0 Å². The van der Waals surface area contributed by atoms with Gasteiger partial charge >= 0.3 is 11.8 Å².